The standard InChI is InChI=1S/C14H16OS.C2H6/c1-3-13(15)11-6-4-5-7-12(11)14-9-8-10(2)16-14;1-2/h4-9,13,15H,3H2,1-2H3;1-2H3. The molecule has 0 aliphatic carbocycles. The highest BCUT2D eigenvalue weighted by Crippen LogP contribution is 2.33. The van der Waals surface area contributed by atoms with Gasteiger partial charge in [0.25, 0.3) is 0 Å². The fraction of sp³-hybridized carbons (Fsp3) is 0.375. The van der Waals surface area contributed by atoms with Crippen LogP contribution < -0.4 is 0 Å². The summed E-state index contributed by atoms with van der Waals surface area (Å²) >= 11 is 1.77. The van der Waals surface area contributed by atoms with Crippen molar-refractivity contribution >= 4 is 11.3 Å². The van der Waals surface area contributed by atoms with Gasteiger partial charge >= 0.3 is 0 Å². The zero-order chi connectivity index (χ0) is 13.5. The predicted octanol–water partition coefficient (Wildman–Crippen LogP) is 5.19. The van der Waals surface area contributed by atoms with Crippen molar-refractivity contribution in [3.63, 3.8) is 0 Å². The summed E-state index contributed by atoms with van der Waals surface area (Å²) in [7, 11) is 0. The molecule has 0 bridgehead atoms. The first kappa shape index (κ1) is 14.9. The molecule has 2 rings (SSSR count). The highest BCUT2D eigenvalue weighted by molar-refractivity contribution is 7.15. The highest BCUT2D eigenvalue weighted by Gasteiger charge is 2.12. The molecule has 2 aromatic rings. The van der Waals surface area contributed by atoms with Crippen molar-refractivity contribution in [2.45, 2.75) is 40.2 Å². The molecule has 1 unspecified atom stereocenters. The third-order valence-corrected chi connectivity index (χ3v) is 3.75. The smallest absolute Gasteiger partial charge is 0.0793 e. The Kier molecular flexibility index (Phi) is 6.10. The maximum atomic E-state index is 9.98. The lowest BCUT2D eigenvalue weighted by molar-refractivity contribution is 0.174. The summed E-state index contributed by atoms with van der Waals surface area (Å²) < 4.78 is 0. The van der Waals surface area contributed by atoms with E-state index in [0.717, 1.165) is 17.5 Å². The Morgan fingerprint density at radius 2 is 1.78 bits per heavy atom. The fourth-order valence-electron chi connectivity index (χ4n) is 1.81. The molecule has 98 valence electrons. The summed E-state index contributed by atoms with van der Waals surface area (Å²) in [6, 6.07) is 12.4. The Morgan fingerprint density at radius 1 is 1.11 bits per heavy atom. The third-order valence-electron chi connectivity index (χ3n) is 2.71. The SMILES string of the molecule is CC.CCC(O)c1ccccc1-c1ccc(C)s1. The van der Waals surface area contributed by atoms with Crippen LogP contribution >= 0.6 is 11.3 Å². The van der Waals surface area contributed by atoms with Crippen LogP contribution in [0.4, 0.5) is 0 Å². The van der Waals surface area contributed by atoms with Gasteiger partial charge in [0.2, 0.25) is 0 Å². The molecule has 18 heavy (non-hydrogen) atoms. The van der Waals surface area contributed by atoms with Crippen LogP contribution in [0.1, 0.15) is 43.7 Å². The average molecular weight is 262 g/mol. The lowest BCUT2D eigenvalue weighted by Crippen LogP contribution is -1.97. The summed E-state index contributed by atoms with van der Waals surface area (Å²) in [6.45, 7) is 8.11. The molecule has 1 nitrogen and oxygen atoms in total. The van der Waals surface area contributed by atoms with Crippen LogP contribution in [0, 0.1) is 6.92 Å². The summed E-state index contributed by atoms with van der Waals surface area (Å²) in [6.07, 6.45) is 0.389. The van der Waals surface area contributed by atoms with Crippen molar-refractivity contribution in [1.29, 1.82) is 0 Å². The molecule has 0 radical (unpaired) electrons. The number of aryl methyl sites for hydroxylation is 1. The lowest BCUT2D eigenvalue weighted by atomic mass is 10.00. The molecule has 1 aromatic carbocycles. The van der Waals surface area contributed by atoms with Gasteiger partial charge in [-0.2, -0.15) is 0 Å². The van der Waals surface area contributed by atoms with Gasteiger partial charge in [-0.05, 0) is 36.6 Å². The van der Waals surface area contributed by atoms with Crippen molar-refractivity contribution in [2.75, 3.05) is 0 Å². The fourth-order valence-corrected chi connectivity index (χ4v) is 2.73. The molecule has 2 heteroatoms. The van der Waals surface area contributed by atoms with Crippen molar-refractivity contribution in [3.05, 3.63) is 46.8 Å². The van der Waals surface area contributed by atoms with Crippen LogP contribution in [0.3, 0.4) is 0 Å². The van der Waals surface area contributed by atoms with E-state index in [1.807, 2.05) is 39.0 Å². The molecule has 0 aliphatic rings. The van der Waals surface area contributed by atoms with E-state index >= 15 is 0 Å². The minimum atomic E-state index is -0.362. The van der Waals surface area contributed by atoms with Gasteiger partial charge in [0.05, 0.1) is 6.10 Å². The Labute approximate surface area is 114 Å². The first-order valence-corrected chi connectivity index (χ1v) is 7.38. The molecule has 0 aliphatic heterocycles. The largest absolute Gasteiger partial charge is 0.388 e. The molecule has 1 N–H and O–H groups in total. The van der Waals surface area contributed by atoms with E-state index in [2.05, 4.69) is 25.1 Å². The zero-order valence-electron chi connectivity index (χ0n) is 11.6. The third kappa shape index (κ3) is 3.44. The number of rotatable bonds is 3. The van der Waals surface area contributed by atoms with E-state index in [1.54, 1.807) is 11.3 Å². The van der Waals surface area contributed by atoms with Gasteiger partial charge in [-0.25, -0.2) is 0 Å². The van der Waals surface area contributed by atoms with Crippen molar-refractivity contribution in [2.24, 2.45) is 0 Å². The molecule has 0 fully saturated rings. The number of hydrogen-bond donors (Lipinski definition) is 1. The molecule has 0 saturated carbocycles. The second kappa shape index (κ2) is 7.34. The number of thiophene rings is 1. The summed E-state index contributed by atoms with van der Waals surface area (Å²) in [4.78, 5) is 2.54. The van der Waals surface area contributed by atoms with Crippen LogP contribution in [0.5, 0.6) is 0 Å². The van der Waals surface area contributed by atoms with E-state index in [4.69, 9.17) is 0 Å². The van der Waals surface area contributed by atoms with Gasteiger partial charge in [0.15, 0.2) is 0 Å². The minimum Gasteiger partial charge on any atom is -0.388 e. The molecular weight excluding hydrogens is 240 g/mol. The van der Waals surface area contributed by atoms with Crippen LogP contribution in [0.2, 0.25) is 0 Å². The Balaban J connectivity index is 0.000000771. The van der Waals surface area contributed by atoms with Crippen molar-refractivity contribution in [3.8, 4) is 10.4 Å². The van der Waals surface area contributed by atoms with Gasteiger partial charge in [-0.15, -0.1) is 11.3 Å². The number of aliphatic hydroxyl groups is 1. The molecule has 1 atom stereocenters. The van der Waals surface area contributed by atoms with Crippen LogP contribution in [0.25, 0.3) is 10.4 Å². The maximum absolute atomic E-state index is 9.98. The maximum Gasteiger partial charge on any atom is 0.0793 e. The van der Waals surface area contributed by atoms with E-state index < -0.39 is 0 Å². The molecular formula is C16H22OS. The molecule has 1 aromatic heterocycles. The first-order valence-electron chi connectivity index (χ1n) is 6.56. The van der Waals surface area contributed by atoms with E-state index in [0.29, 0.717) is 0 Å². The molecule has 0 saturated heterocycles. The highest BCUT2D eigenvalue weighted by atomic mass is 32.1. The topological polar surface area (TPSA) is 20.2 Å². The first-order chi connectivity index (χ1) is 8.72. The quantitative estimate of drug-likeness (QED) is 0.806. The Morgan fingerprint density at radius 3 is 2.33 bits per heavy atom. The van der Waals surface area contributed by atoms with Crippen molar-refractivity contribution < 1.29 is 5.11 Å². The van der Waals surface area contributed by atoms with E-state index in [-0.39, 0.29) is 6.10 Å². The van der Waals surface area contributed by atoms with Gasteiger partial charge in [0.1, 0.15) is 0 Å². The predicted molar refractivity (Wildman–Crippen MR) is 81.1 cm³/mol. The number of benzene rings is 1. The summed E-state index contributed by atoms with van der Waals surface area (Å²) in [5.41, 5.74) is 2.20. The second-order valence-corrected chi connectivity index (χ2v) is 5.21. The van der Waals surface area contributed by atoms with Crippen LogP contribution in [-0.4, -0.2) is 5.11 Å². The van der Waals surface area contributed by atoms with Gasteiger partial charge in [0, 0.05) is 9.75 Å². The molecule has 0 amide bonds. The minimum absolute atomic E-state index is 0.362. The Bertz CT molecular complexity index is 473. The van der Waals surface area contributed by atoms with Crippen LogP contribution in [0.15, 0.2) is 36.4 Å². The van der Waals surface area contributed by atoms with E-state index in [9.17, 15) is 5.11 Å². The Hall–Kier alpha value is -1.12. The number of aliphatic hydroxyl groups excluding tert-OH is 1. The van der Waals surface area contributed by atoms with Gasteiger partial charge < -0.3 is 5.11 Å². The van der Waals surface area contributed by atoms with E-state index in [1.165, 1.54) is 9.75 Å². The number of hydrogen-bond acceptors (Lipinski definition) is 2. The average Bonchev–Trinajstić information content (AvgIpc) is 2.86. The molecule has 0 spiro atoms. The van der Waals surface area contributed by atoms with Crippen LogP contribution in [-0.2, 0) is 0 Å². The van der Waals surface area contributed by atoms with Gasteiger partial charge in [-0.3, -0.25) is 0 Å². The van der Waals surface area contributed by atoms with Crippen molar-refractivity contribution in [1.82, 2.24) is 0 Å². The second-order valence-electron chi connectivity index (χ2n) is 3.92. The lowest BCUT2D eigenvalue weighted by Gasteiger charge is -2.12. The summed E-state index contributed by atoms with van der Waals surface area (Å²) in [5, 5.41) is 9.98. The van der Waals surface area contributed by atoms with Gasteiger partial charge in [-0.1, -0.05) is 45.0 Å². The molecule has 1 heterocycles. The monoisotopic (exact) mass is 262 g/mol. The normalized spacial score (nSPS) is 11.6. The zero-order valence-corrected chi connectivity index (χ0v) is 12.4. The summed E-state index contributed by atoms with van der Waals surface area (Å²) in [5.74, 6) is 0.